The number of amides is 2. The van der Waals surface area contributed by atoms with Crippen LogP contribution < -0.4 is 21.0 Å². The molecule has 2 heterocycles. The minimum Gasteiger partial charge on any atom is -0.483 e. The zero-order chi connectivity index (χ0) is 26.6. The summed E-state index contributed by atoms with van der Waals surface area (Å²) in [6, 6.07) is 10.0. The summed E-state index contributed by atoms with van der Waals surface area (Å²) in [6.45, 7) is 2.68. The van der Waals surface area contributed by atoms with Crippen LogP contribution in [0.3, 0.4) is 0 Å². The van der Waals surface area contributed by atoms with E-state index >= 15 is 0 Å². The van der Waals surface area contributed by atoms with E-state index in [1.54, 1.807) is 12.1 Å². The van der Waals surface area contributed by atoms with Crippen molar-refractivity contribution in [1.82, 2.24) is 10.6 Å². The highest BCUT2D eigenvalue weighted by Gasteiger charge is 2.25. The number of aryl methyl sites for hydroxylation is 2. The maximum atomic E-state index is 13.1. The standard InChI is InChI=1S/C29H31ClN2O6/c1-17-12-24(27-21-5-2-6-22(21)29(35)38-25(27)13-17)37-16-26(33)32-23(14-18-7-9-19(30)10-8-18)28(34)31-15-20-4-3-11-36-20/h7-10,12-13,20,23H,2-6,11,14-16H2,1H3,(H,31,34)(H,32,33). The largest absolute Gasteiger partial charge is 0.483 e. The third kappa shape index (κ3) is 6.03. The molecule has 2 aliphatic rings. The summed E-state index contributed by atoms with van der Waals surface area (Å²) >= 11 is 6.01. The van der Waals surface area contributed by atoms with Crippen LogP contribution in [0.5, 0.6) is 5.75 Å². The van der Waals surface area contributed by atoms with E-state index in [9.17, 15) is 14.4 Å². The van der Waals surface area contributed by atoms with Gasteiger partial charge in [0.2, 0.25) is 5.91 Å². The molecule has 5 rings (SSSR count). The number of hydrogen-bond acceptors (Lipinski definition) is 6. The van der Waals surface area contributed by atoms with E-state index < -0.39 is 11.9 Å². The van der Waals surface area contributed by atoms with Gasteiger partial charge in [-0.2, -0.15) is 0 Å². The highest BCUT2D eigenvalue weighted by atomic mass is 35.5. The zero-order valence-electron chi connectivity index (χ0n) is 21.3. The fourth-order valence-electron chi connectivity index (χ4n) is 5.21. The second-order valence-corrected chi connectivity index (χ2v) is 10.4. The lowest BCUT2D eigenvalue weighted by molar-refractivity contribution is -0.130. The molecule has 9 heteroatoms. The maximum Gasteiger partial charge on any atom is 0.339 e. The average Bonchev–Trinajstić information content (AvgIpc) is 3.59. The first-order valence-electron chi connectivity index (χ1n) is 13.0. The van der Waals surface area contributed by atoms with Crippen LogP contribution >= 0.6 is 11.6 Å². The third-order valence-electron chi connectivity index (χ3n) is 7.07. The molecule has 0 radical (unpaired) electrons. The number of benzene rings is 2. The van der Waals surface area contributed by atoms with Gasteiger partial charge in [0.25, 0.3) is 5.91 Å². The lowest BCUT2D eigenvalue weighted by atomic mass is 10.0. The van der Waals surface area contributed by atoms with Crippen LogP contribution in [-0.4, -0.2) is 43.7 Å². The van der Waals surface area contributed by atoms with Gasteiger partial charge in [0.05, 0.1) is 11.5 Å². The van der Waals surface area contributed by atoms with E-state index in [0.29, 0.717) is 47.9 Å². The molecule has 2 N–H and O–H groups in total. The van der Waals surface area contributed by atoms with Crippen LogP contribution in [0.2, 0.25) is 5.02 Å². The summed E-state index contributed by atoms with van der Waals surface area (Å²) in [5, 5.41) is 7.07. The van der Waals surface area contributed by atoms with Crippen molar-refractivity contribution in [2.75, 3.05) is 19.8 Å². The Balaban J connectivity index is 1.30. The molecule has 1 aliphatic heterocycles. The molecule has 1 aliphatic carbocycles. The Morgan fingerprint density at radius 3 is 2.68 bits per heavy atom. The van der Waals surface area contributed by atoms with Crippen LogP contribution in [0, 0.1) is 6.92 Å². The number of hydrogen-bond donors (Lipinski definition) is 2. The van der Waals surface area contributed by atoms with Crippen molar-refractivity contribution in [3.05, 3.63) is 74.1 Å². The summed E-state index contributed by atoms with van der Waals surface area (Å²) < 4.78 is 17.1. The predicted molar refractivity (Wildman–Crippen MR) is 144 cm³/mol. The Kier molecular flexibility index (Phi) is 8.00. The van der Waals surface area contributed by atoms with E-state index in [1.165, 1.54) is 0 Å². The van der Waals surface area contributed by atoms with Crippen LogP contribution in [0.25, 0.3) is 11.0 Å². The smallest absolute Gasteiger partial charge is 0.339 e. The Bertz CT molecular complexity index is 1390. The number of rotatable bonds is 9. The molecule has 3 aromatic rings. The van der Waals surface area contributed by atoms with Gasteiger partial charge in [-0.25, -0.2) is 4.79 Å². The zero-order valence-corrected chi connectivity index (χ0v) is 22.1. The first-order valence-corrected chi connectivity index (χ1v) is 13.4. The second-order valence-electron chi connectivity index (χ2n) is 9.96. The van der Waals surface area contributed by atoms with Gasteiger partial charge in [-0.3, -0.25) is 9.59 Å². The van der Waals surface area contributed by atoms with E-state index in [2.05, 4.69) is 10.6 Å². The molecule has 1 saturated heterocycles. The summed E-state index contributed by atoms with van der Waals surface area (Å²) in [6.07, 6.45) is 4.48. The minimum absolute atomic E-state index is 0.00875. The fraction of sp³-hybridized carbons (Fsp3) is 0.414. The van der Waals surface area contributed by atoms with E-state index in [0.717, 1.165) is 47.8 Å². The molecular weight excluding hydrogens is 508 g/mol. The molecule has 2 unspecified atom stereocenters. The highest BCUT2D eigenvalue weighted by Crippen LogP contribution is 2.35. The van der Waals surface area contributed by atoms with Crippen LogP contribution in [0.4, 0.5) is 0 Å². The van der Waals surface area contributed by atoms with Gasteiger partial charge >= 0.3 is 5.63 Å². The van der Waals surface area contributed by atoms with Crippen molar-refractivity contribution < 1.29 is 23.5 Å². The lowest BCUT2D eigenvalue weighted by Gasteiger charge is -2.20. The quantitative estimate of drug-likeness (QED) is 0.403. The van der Waals surface area contributed by atoms with Gasteiger partial charge in [0, 0.05) is 30.2 Å². The van der Waals surface area contributed by atoms with Gasteiger partial charge < -0.3 is 24.5 Å². The number of carbonyl (C=O) groups excluding carboxylic acids is 2. The van der Waals surface area contributed by atoms with Crippen molar-refractivity contribution in [3.63, 3.8) is 0 Å². The van der Waals surface area contributed by atoms with E-state index in [-0.39, 0.29) is 24.2 Å². The van der Waals surface area contributed by atoms with E-state index in [1.807, 2.05) is 31.2 Å². The SMILES string of the molecule is Cc1cc(OCC(=O)NC(Cc2ccc(Cl)cc2)C(=O)NCC2CCCO2)c2c3c(c(=O)oc2c1)CCC3. The molecule has 200 valence electrons. The molecule has 2 aromatic carbocycles. The van der Waals surface area contributed by atoms with Gasteiger partial charge in [-0.15, -0.1) is 0 Å². The Labute approximate surface area is 225 Å². The molecule has 2 atom stereocenters. The first kappa shape index (κ1) is 26.3. The summed E-state index contributed by atoms with van der Waals surface area (Å²) in [5.74, 6) is -0.224. The van der Waals surface area contributed by atoms with Crippen LogP contribution in [-0.2, 0) is 33.6 Å². The number of carbonyl (C=O) groups is 2. The number of fused-ring (bicyclic) bond motifs is 3. The van der Waals surface area contributed by atoms with Gasteiger partial charge in [-0.05, 0) is 80.0 Å². The predicted octanol–water partition coefficient (Wildman–Crippen LogP) is 3.65. The van der Waals surface area contributed by atoms with Gasteiger partial charge in [0.15, 0.2) is 6.61 Å². The van der Waals surface area contributed by atoms with E-state index in [4.69, 9.17) is 25.5 Å². The maximum absolute atomic E-state index is 13.1. The molecule has 1 aromatic heterocycles. The summed E-state index contributed by atoms with van der Waals surface area (Å²) in [5.41, 5.74) is 3.48. The Morgan fingerprint density at radius 1 is 1.13 bits per heavy atom. The average molecular weight is 539 g/mol. The molecule has 0 bridgehead atoms. The Hall–Kier alpha value is -3.36. The van der Waals surface area contributed by atoms with Gasteiger partial charge in [-0.1, -0.05) is 23.7 Å². The van der Waals surface area contributed by atoms with Crippen LogP contribution in [0.1, 0.15) is 41.5 Å². The normalized spacial score (nSPS) is 17.3. The van der Waals surface area contributed by atoms with Crippen molar-refractivity contribution >= 4 is 34.4 Å². The topological polar surface area (TPSA) is 107 Å². The highest BCUT2D eigenvalue weighted by molar-refractivity contribution is 6.30. The Morgan fingerprint density at radius 2 is 1.92 bits per heavy atom. The molecule has 8 nitrogen and oxygen atoms in total. The molecule has 2 amide bonds. The lowest BCUT2D eigenvalue weighted by Crippen LogP contribution is -2.50. The van der Waals surface area contributed by atoms with Crippen molar-refractivity contribution in [2.45, 2.75) is 57.6 Å². The molecular formula is C29H31ClN2O6. The molecule has 0 spiro atoms. The monoisotopic (exact) mass is 538 g/mol. The molecule has 1 fully saturated rings. The summed E-state index contributed by atoms with van der Waals surface area (Å²) in [4.78, 5) is 38.5. The third-order valence-corrected chi connectivity index (χ3v) is 7.32. The number of nitrogens with one attached hydrogen (secondary N) is 2. The minimum atomic E-state index is -0.801. The molecule has 0 saturated carbocycles. The second kappa shape index (κ2) is 11.6. The fourth-order valence-corrected chi connectivity index (χ4v) is 5.33. The van der Waals surface area contributed by atoms with Crippen LogP contribution in [0.15, 0.2) is 45.6 Å². The number of halogens is 1. The van der Waals surface area contributed by atoms with Crippen molar-refractivity contribution in [2.24, 2.45) is 0 Å². The van der Waals surface area contributed by atoms with Crippen molar-refractivity contribution in [1.29, 1.82) is 0 Å². The van der Waals surface area contributed by atoms with Crippen molar-refractivity contribution in [3.8, 4) is 5.75 Å². The number of ether oxygens (including phenoxy) is 2. The summed E-state index contributed by atoms with van der Waals surface area (Å²) in [7, 11) is 0. The first-order chi connectivity index (χ1) is 18.4. The molecule has 38 heavy (non-hydrogen) atoms. The van der Waals surface area contributed by atoms with Gasteiger partial charge in [0.1, 0.15) is 17.4 Å².